The SMILES string of the molecule is CC1(OC(=O)NCC(=O)N2CC3CCCCC3C2)CC1. The highest BCUT2D eigenvalue weighted by Crippen LogP contribution is 2.38. The first kappa shape index (κ1) is 13.7. The molecule has 0 aromatic carbocycles. The zero-order valence-electron chi connectivity index (χ0n) is 12.2. The Bertz CT molecular complexity index is 392. The highest BCUT2D eigenvalue weighted by atomic mass is 16.6. The molecule has 1 aliphatic heterocycles. The van der Waals surface area contributed by atoms with Gasteiger partial charge in [0.15, 0.2) is 0 Å². The molecule has 2 amide bonds. The first-order valence-corrected chi connectivity index (χ1v) is 7.80. The zero-order chi connectivity index (χ0) is 14.2. The van der Waals surface area contributed by atoms with Crippen molar-refractivity contribution in [1.82, 2.24) is 10.2 Å². The Kier molecular flexibility index (Phi) is 3.61. The normalized spacial score (nSPS) is 30.6. The zero-order valence-corrected chi connectivity index (χ0v) is 12.2. The summed E-state index contributed by atoms with van der Waals surface area (Å²) in [6.07, 6.45) is 6.48. The van der Waals surface area contributed by atoms with Crippen LogP contribution in [0, 0.1) is 11.8 Å². The third kappa shape index (κ3) is 3.07. The molecule has 1 N–H and O–H groups in total. The molecule has 0 aromatic rings. The third-order valence-electron chi connectivity index (χ3n) is 5.01. The van der Waals surface area contributed by atoms with Gasteiger partial charge in [0, 0.05) is 13.1 Å². The smallest absolute Gasteiger partial charge is 0.408 e. The molecule has 2 unspecified atom stereocenters. The molecule has 1 saturated heterocycles. The van der Waals surface area contributed by atoms with Gasteiger partial charge in [0.05, 0.1) is 0 Å². The van der Waals surface area contributed by atoms with E-state index in [2.05, 4.69) is 5.32 Å². The van der Waals surface area contributed by atoms with Crippen LogP contribution >= 0.6 is 0 Å². The van der Waals surface area contributed by atoms with Crippen LogP contribution < -0.4 is 5.32 Å². The molecule has 20 heavy (non-hydrogen) atoms. The van der Waals surface area contributed by atoms with E-state index in [9.17, 15) is 9.59 Å². The number of carbonyl (C=O) groups excluding carboxylic acids is 2. The number of nitrogens with zero attached hydrogens (tertiary/aromatic N) is 1. The molecular weight excluding hydrogens is 256 g/mol. The second-order valence-electron chi connectivity index (χ2n) is 6.80. The minimum atomic E-state index is -0.463. The molecule has 2 atom stereocenters. The highest BCUT2D eigenvalue weighted by molar-refractivity contribution is 5.82. The van der Waals surface area contributed by atoms with Gasteiger partial charge >= 0.3 is 6.09 Å². The van der Waals surface area contributed by atoms with Crippen LogP contribution in [0.1, 0.15) is 45.4 Å². The number of hydrogen-bond donors (Lipinski definition) is 1. The van der Waals surface area contributed by atoms with Gasteiger partial charge in [-0.25, -0.2) is 4.79 Å². The molecular formula is C15H24N2O3. The lowest BCUT2D eigenvalue weighted by Gasteiger charge is -2.22. The highest BCUT2D eigenvalue weighted by Gasteiger charge is 2.42. The van der Waals surface area contributed by atoms with E-state index in [1.165, 1.54) is 25.7 Å². The van der Waals surface area contributed by atoms with Crippen LogP contribution in [0.4, 0.5) is 4.79 Å². The van der Waals surface area contributed by atoms with E-state index in [1.807, 2.05) is 11.8 Å². The van der Waals surface area contributed by atoms with Crippen LogP contribution in [0.3, 0.4) is 0 Å². The monoisotopic (exact) mass is 280 g/mol. The molecule has 1 heterocycles. The van der Waals surface area contributed by atoms with E-state index in [-0.39, 0.29) is 18.1 Å². The summed E-state index contributed by atoms with van der Waals surface area (Å²) in [5.41, 5.74) is -0.282. The molecule has 0 aromatic heterocycles. The molecule has 112 valence electrons. The summed E-state index contributed by atoms with van der Waals surface area (Å²) in [5.74, 6) is 1.40. The minimum Gasteiger partial charge on any atom is -0.443 e. The number of likely N-dealkylation sites (tertiary alicyclic amines) is 1. The molecule has 0 radical (unpaired) electrons. The molecule has 5 heteroatoms. The predicted molar refractivity (Wildman–Crippen MR) is 74.2 cm³/mol. The molecule has 3 aliphatic rings. The predicted octanol–water partition coefficient (Wildman–Crippen LogP) is 1.91. The fourth-order valence-corrected chi connectivity index (χ4v) is 3.41. The van der Waals surface area contributed by atoms with Crippen molar-refractivity contribution in [3.63, 3.8) is 0 Å². The van der Waals surface area contributed by atoms with Crippen LogP contribution in [0.25, 0.3) is 0 Å². The molecule has 3 rings (SSSR count). The average Bonchev–Trinajstić information content (AvgIpc) is 3.00. The fraction of sp³-hybridized carbons (Fsp3) is 0.867. The van der Waals surface area contributed by atoms with Gasteiger partial charge in [0.1, 0.15) is 12.1 Å². The number of nitrogens with one attached hydrogen (secondary N) is 1. The van der Waals surface area contributed by atoms with Gasteiger partial charge in [0.2, 0.25) is 5.91 Å². The Hall–Kier alpha value is -1.26. The summed E-state index contributed by atoms with van der Waals surface area (Å²) in [6.45, 7) is 3.73. The summed E-state index contributed by atoms with van der Waals surface area (Å²) < 4.78 is 5.24. The van der Waals surface area contributed by atoms with Crippen molar-refractivity contribution in [3.8, 4) is 0 Å². The topological polar surface area (TPSA) is 58.6 Å². The molecule has 0 bridgehead atoms. The maximum Gasteiger partial charge on any atom is 0.408 e. The van der Waals surface area contributed by atoms with E-state index in [1.54, 1.807) is 0 Å². The van der Waals surface area contributed by atoms with Gasteiger partial charge < -0.3 is 15.0 Å². The van der Waals surface area contributed by atoms with Crippen LogP contribution in [0.2, 0.25) is 0 Å². The van der Waals surface area contributed by atoms with Gasteiger partial charge in [-0.05, 0) is 44.4 Å². The number of carbonyl (C=O) groups is 2. The summed E-state index contributed by atoms with van der Waals surface area (Å²) in [4.78, 5) is 25.6. The molecule has 5 nitrogen and oxygen atoms in total. The number of ether oxygens (including phenoxy) is 1. The molecule has 0 spiro atoms. The Morgan fingerprint density at radius 1 is 1.20 bits per heavy atom. The maximum atomic E-state index is 12.1. The Morgan fingerprint density at radius 2 is 1.80 bits per heavy atom. The van der Waals surface area contributed by atoms with Gasteiger partial charge in [-0.3, -0.25) is 4.79 Å². The summed E-state index contributed by atoms with van der Waals surface area (Å²) in [7, 11) is 0. The average molecular weight is 280 g/mol. The largest absolute Gasteiger partial charge is 0.443 e. The second-order valence-corrected chi connectivity index (χ2v) is 6.80. The number of fused-ring (bicyclic) bond motifs is 1. The quantitative estimate of drug-likeness (QED) is 0.859. The van der Waals surface area contributed by atoms with E-state index >= 15 is 0 Å². The van der Waals surface area contributed by atoms with Crippen molar-refractivity contribution in [2.75, 3.05) is 19.6 Å². The van der Waals surface area contributed by atoms with Gasteiger partial charge in [-0.2, -0.15) is 0 Å². The molecule has 2 saturated carbocycles. The third-order valence-corrected chi connectivity index (χ3v) is 5.01. The van der Waals surface area contributed by atoms with Crippen molar-refractivity contribution in [1.29, 1.82) is 0 Å². The maximum absolute atomic E-state index is 12.1. The first-order chi connectivity index (χ1) is 9.56. The first-order valence-electron chi connectivity index (χ1n) is 7.80. The summed E-state index contributed by atoms with van der Waals surface area (Å²) in [6, 6.07) is 0. The van der Waals surface area contributed by atoms with Crippen molar-refractivity contribution >= 4 is 12.0 Å². The number of alkyl carbamates (subject to hydrolysis) is 1. The Morgan fingerprint density at radius 3 is 2.35 bits per heavy atom. The van der Waals surface area contributed by atoms with Gasteiger partial charge in [0.25, 0.3) is 0 Å². The van der Waals surface area contributed by atoms with Crippen LogP contribution in [0.5, 0.6) is 0 Å². The van der Waals surface area contributed by atoms with E-state index < -0.39 is 6.09 Å². The van der Waals surface area contributed by atoms with Gasteiger partial charge in [-0.15, -0.1) is 0 Å². The standard InChI is InChI=1S/C15H24N2O3/c1-15(6-7-15)20-14(19)16-8-13(18)17-9-11-4-2-3-5-12(11)10-17/h11-12H,2-10H2,1H3,(H,16,19). The lowest BCUT2D eigenvalue weighted by Crippen LogP contribution is -2.40. The van der Waals surface area contributed by atoms with Crippen LogP contribution in [-0.2, 0) is 9.53 Å². The van der Waals surface area contributed by atoms with Crippen molar-refractivity contribution < 1.29 is 14.3 Å². The minimum absolute atomic E-state index is 0.0253. The number of hydrogen-bond acceptors (Lipinski definition) is 3. The Labute approximate surface area is 120 Å². The van der Waals surface area contributed by atoms with Gasteiger partial charge in [-0.1, -0.05) is 12.8 Å². The van der Waals surface area contributed by atoms with Crippen molar-refractivity contribution in [3.05, 3.63) is 0 Å². The lowest BCUT2D eigenvalue weighted by atomic mass is 9.82. The van der Waals surface area contributed by atoms with Crippen LogP contribution in [-0.4, -0.2) is 42.1 Å². The number of rotatable bonds is 3. The Balaban J connectivity index is 1.42. The number of amides is 2. The van der Waals surface area contributed by atoms with E-state index in [0.717, 1.165) is 25.9 Å². The van der Waals surface area contributed by atoms with Crippen molar-refractivity contribution in [2.45, 2.75) is 51.0 Å². The van der Waals surface area contributed by atoms with E-state index in [0.29, 0.717) is 11.8 Å². The van der Waals surface area contributed by atoms with E-state index in [4.69, 9.17) is 4.74 Å². The van der Waals surface area contributed by atoms with Crippen LogP contribution in [0.15, 0.2) is 0 Å². The summed E-state index contributed by atoms with van der Waals surface area (Å²) >= 11 is 0. The second kappa shape index (κ2) is 5.26. The molecule has 2 aliphatic carbocycles. The fourth-order valence-electron chi connectivity index (χ4n) is 3.41. The molecule has 3 fully saturated rings. The van der Waals surface area contributed by atoms with Crippen molar-refractivity contribution in [2.24, 2.45) is 11.8 Å². The lowest BCUT2D eigenvalue weighted by molar-refractivity contribution is -0.129. The summed E-state index contributed by atoms with van der Waals surface area (Å²) in [5, 5.41) is 2.58.